The van der Waals surface area contributed by atoms with Crippen LogP contribution in [0.5, 0.6) is 0 Å². The summed E-state index contributed by atoms with van der Waals surface area (Å²) in [6.45, 7) is 5.14. The van der Waals surface area contributed by atoms with Crippen molar-refractivity contribution in [3.05, 3.63) is 69.8 Å². The normalized spacial score (nSPS) is 13.2. The van der Waals surface area contributed by atoms with Crippen molar-refractivity contribution >= 4 is 29.3 Å². The van der Waals surface area contributed by atoms with E-state index in [4.69, 9.17) is 25.1 Å². The first-order valence-electron chi connectivity index (χ1n) is 10.2. The monoisotopic (exact) mass is 467 g/mol. The van der Waals surface area contributed by atoms with Gasteiger partial charge in [-0.25, -0.2) is 0 Å². The number of nitrogens with two attached hydrogens (primary N) is 2. The number of amides is 2. The predicted molar refractivity (Wildman–Crippen MR) is 124 cm³/mol. The number of benzene rings is 2. The fraction of sp³-hybridized carbons (Fsp3) is 0.304. The van der Waals surface area contributed by atoms with E-state index in [1.54, 1.807) is 24.3 Å². The van der Waals surface area contributed by atoms with Crippen LogP contribution < -0.4 is 11.5 Å². The van der Waals surface area contributed by atoms with Gasteiger partial charge in [-0.1, -0.05) is 12.1 Å². The van der Waals surface area contributed by atoms with Gasteiger partial charge >= 0.3 is 11.6 Å². The van der Waals surface area contributed by atoms with Gasteiger partial charge in [0, 0.05) is 24.2 Å². The van der Waals surface area contributed by atoms with Crippen LogP contribution in [0, 0.1) is 25.2 Å². The van der Waals surface area contributed by atoms with E-state index in [9.17, 15) is 9.59 Å². The Bertz CT molecular complexity index is 1150. The lowest BCUT2D eigenvalue weighted by Crippen LogP contribution is -2.38. The third-order valence-electron chi connectivity index (χ3n) is 5.53. The predicted octanol–water partition coefficient (Wildman–Crippen LogP) is 1.94. The summed E-state index contributed by atoms with van der Waals surface area (Å²) < 4.78 is 16.6. The molecular formula is C23H25N5O4S. The molecule has 1 fully saturated rings. The van der Waals surface area contributed by atoms with Gasteiger partial charge in [0.1, 0.15) is 0 Å². The highest BCUT2D eigenvalue weighted by Crippen LogP contribution is 2.32. The highest BCUT2D eigenvalue weighted by Gasteiger charge is 2.26. The van der Waals surface area contributed by atoms with Gasteiger partial charge in [-0.05, 0) is 73.6 Å². The largest absolute Gasteiger partial charge is 0.370 e. The number of piperidine rings is 1. The number of nitriles is 1. The molecule has 0 aliphatic carbocycles. The molecule has 1 aliphatic heterocycles. The van der Waals surface area contributed by atoms with E-state index < -0.39 is 17.5 Å². The topological polar surface area (TPSA) is 160 Å². The zero-order chi connectivity index (χ0) is 24.5. The second kappa shape index (κ2) is 11.7. The molecule has 1 heterocycles. The van der Waals surface area contributed by atoms with Crippen LogP contribution in [0.2, 0.25) is 0 Å². The lowest BCUT2D eigenvalue weighted by molar-refractivity contribution is 0.0712. The first-order chi connectivity index (χ1) is 15.7. The summed E-state index contributed by atoms with van der Waals surface area (Å²) in [5.41, 5.74) is 15.2. The van der Waals surface area contributed by atoms with Gasteiger partial charge in [0.15, 0.2) is 5.96 Å². The number of guanidine groups is 1. The number of hydrogen-bond donors (Lipinski definition) is 2. The summed E-state index contributed by atoms with van der Waals surface area (Å²) in [6, 6.07) is 12.7. The molecule has 0 saturated carbocycles. The number of rotatable bonds is 3. The standard InChI is InChI=1S/C23H25N5O2.O2S/c1-14-11-20(21(29)27-23(25)26)15(2)10-19(14)17-6-8-28(9-7-17)22(30)18-5-3-4-16(12-18)13-24;1-3-2/h3-5,10-12,17H,6-9H2,1-2H3,(H4,25,26,27,29);. The van der Waals surface area contributed by atoms with Crippen molar-refractivity contribution in [1.82, 2.24) is 4.90 Å². The van der Waals surface area contributed by atoms with E-state index in [0.29, 0.717) is 35.7 Å². The minimum atomic E-state index is -0.750. The minimum Gasteiger partial charge on any atom is -0.370 e. The Balaban J connectivity index is 0.00000122. The van der Waals surface area contributed by atoms with Crippen LogP contribution in [0.15, 0.2) is 41.4 Å². The molecule has 1 aliphatic rings. The summed E-state index contributed by atoms with van der Waals surface area (Å²) in [7, 11) is 0. The molecule has 172 valence electrons. The van der Waals surface area contributed by atoms with Crippen molar-refractivity contribution < 1.29 is 18.0 Å². The number of carbonyl (C=O) groups is 2. The number of carbonyl (C=O) groups excluding carboxylic acids is 2. The smallest absolute Gasteiger partial charge is 0.335 e. The molecule has 0 unspecified atom stereocenters. The van der Waals surface area contributed by atoms with Crippen LogP contribution in [-0.4, -0.2) is 44.2 Å². The van der Waals surface area contributed by atoms with E-state index in [0.717, 1.165) is 24.0 Å². The third-order valence-corrected chi connectivity index (χ3v) is 5.53. The lowest BCUT2D eigenvalue weighted by atomic mass is 9.84. The highest BCUT2D eigenvalue weighted by atomic mass is 32.1. The van der Waals surface area contributed by atoms with Crippen molar-refractivity contribution in [3.63, 3.8) is 0 Å². The number of hydrogen-bond acceptors (Lipinski definition) is 5. The van der Waals surface area contributed by atoms with E-state index in [2.05, 4.69) is 11.1 Å². The maximum atomic E-state index is 12.8. The highest BCUT2D eigenvalue weighted by molar-refractivity contribution is 7.51. The maximum absolute atomic E-state index is 12.8. The van der Waals surface area contributed by atoms with Gasteiger partial charge in [0.25, 0.3) is 11.8 Å². The first kappa shape index (κ1) is 25.4. The fourth-order valence-electron chi connectivity index (χ4n) is 3.98. The molecule has 0 aromatic heterocycles. The van der Waals surface area contributed by atoms with Crippen molar-refractivity contribution in [2.45, 2.75) is 32.6 Å². The van der Waals surface area contributed by atoms with E-state index in [1.165, 1.54) is 5.56 Å². The zero-order valence-electron chi connectivity index (χ0n) is 18.4. The van der Waals surface area contributed by atoms with Gasteiger partial charge in [-0.3, -0.25) is 9.59 Å². The number of aryl methyl sites for hydroxylation is 2. The minimum absolute atomic E-state index is 0.0448. The van der Waals surface area contributed by atoms with Gasteiger partial charge in [-0.15, -0.1) is 0 Å². The maximum Gasteiger partial charge on any atom is 0.335 e. The molecule has 10 heteroatoms. The van der Waals surface area contributed by atoms with Crippen LogP contribution in [-0.2, 0) is 11.6 Å². The van der Waals surface area contributed by atoms with Crippen molar-refractivity contribution in [2.75, 3.05) is 13.1 Å². The van der Waals surface area contributed by atoms with Crippen LogP contribution in [0.4, 0.5) is 0 Å². The second-order valence-electron chi connectivity index (χ2n) is 7.69. The molecule has 0 atom stereocenters. The first-order valence-corrected chi connectivity index (χ1v) is 10.8. The molecule has 2 amide bonds. The Hall–Kier alpha value is -3.84. The fourth-order valence-corrected chi connectivity index (χ4v) is 3.98. The second-order valence-corrected chi connectivity index (χ2v) is 7.83. The molecule has 0 bridgehead atoms. The molecule has 1 saturated heterocycles. The Morgan fingerprint density at radius 2 is 1.73 bits per heavy atom. The van der Waals surface area contributed by atoms with Crippen LogP contribution >= 0.6 is 0 Å². The van der Waals surface area contributed by atoms with E-state index in [1.807, 2.05) is 30.9 Å². The van der Waals surface area contributed by atoms with Crippen LogP contribution in [0.1, 0.15) is 61.7 Å². The van der Waals surface area contributed by atoms with Crippen LogP contribution in [0.3, 0.4) is 0 Å². The quantitative estimate of drug-likeness (QED) is 0.515. The third kappa shape index (κ3) is 6.57. The summed E-state index contributed by atoms with van der Waals surface area (Å²) in [4.78, 5) is 30.5. The van der Waals surface area contributed by atoms with E-state index in [-0.39, 0.29) is 11.9 Å². The van der Waals surface area contributed by atoms with Crippen LogP contribution in [0.25, 0.3) is 0 Å². The Morgan fingerprint density at radius 3 is 2.30 bits per heavy atom. The van der Waals surface area contributed by atoms with Gasteiger partial charge in [0.2, 0.25) is 0 Å². The number of nitrogens with zero attached hydrogens (tertiary/aromatic N) is 3. The zero-order valence-corrected chi connectivity index (χ0v) is 19.2. The van der Waals surface area contributed by atoms with Crippen molar-refractivity contribution in [1.29, 1.82) is 5.26 Å². The number of likely N-dealkylation sites (tertiary alicyclic amines) is 1. The summed E-state index contributed by atoms with van der Waals surface area (Å²) in [5, 5.41) is 9.04. The molecule has 0 spiro atoms. The Labute approximate surface area is 195 Å². The molecule has 2 aromatic carbocycles. The summed E-state index contributed by atoms with van der Waals surface area (Å²) in [6.07, 6.45) is 1.68. The van der Waals surface area contributed by atoms with E-state index >= 15 is 0 Å². The molecule has 0 radical (unpaired) electrons. The lowest BCUT2D eigenvalue weighted by Gasteiger charge is -2.33. The SMILES string of the molecule is Cc1cc(C2CCN(C(=O)c3cccc(C#N)c3)CC2)c(C)cc1C(=O)N=C(N)N.O=S=O. The van der Waals surface area contributed by atoms with Gasteiger partial charge in [0.05, 0.1) is 11.6 Å². The Kier molecular flexibility index (Phi) is 9.00. The molecule has 4 N–H and O–H groups in total. The molecule has 2 aromatic rings. The average molecular weight is 468 g/mol. The van der Waals surface area contributed by atoms with Crippen molar-refractivity contribution in [2.24, 2.45) is 16.5 Å². The summed E-state index contributed by atoms with van der Waals surface area (Å²) in [5.74, 6) is -0.428. The Morgan fingerprint density at radius 1 is 1.09 bits per heavy atom. The van der Waals surface area contributed by atoms with Crippen molar-refractivity contribution in [3.8, 4) is 6.07 Å². The number of aliphatic imine (C=N–C) groups is 1. The average Bonchev–Trinajstić information content (AvgIpc) is 2.80. The summed E-state index contributed by atoms with van der Waals surface area (Å²) >= 11 is -0.750. The van der Waals surface area contributed by atoms with Gasteiger partial charge in [-0.2, -0.15) is 18.7 Å². The molecule has 9 nitrogen and oxygen atoms in total. The molecule has 3 rings (SSSR count). The molecule has 33 heavy (non-hydrogen) atoms. The van der Waals surface area contributed by atoms with Gasteiger partial charge < -0.3 is 16.4 Å². The molecular weight excluding hydrogens is 442 g/mol.